The molecule has 2 N–H and O–H groups in total. The van der Waals surface area contributed by atoms with Crippen molar-refractivity contribution >= 4 is 69.8 Å². The van der Waals surface area contributed by atoms with Gasteiger partial charge < -0.3 is 20.0 Å². The number of aliphatic imine (C=N–C) groups is 1. The average Bonchev–Trinajstić information content (AvgIpc) is 3.24. The summed E-state index contributed by atoms with van der Waals surface area (Å²) in [6, 6.07) is 0. The zero-order valence-corrected chi connectivity index (χ0v) is 46.6. The first-order valence-corrected chi connectivity index (χ1v) is 30.5. The van der Waals surface area contributed by atoms with Crippen molar-refractivity contribution in [3.8, 4) is 0 Å². The Hall–Kier alpha value is 0.0197. The van der Waals surface area contributed by atoms with E-state index in [4.69, 9.17) is 4.55 Å². The van der Waals surface area contributed by atoms with Crippen LogP contribution in [-0.2, 0) is 25.0 Å². The Labute approximate surface area is 433 Å². The molecule has 0 heterocycles. The normalized spacial score (nSPS) is 11.9. The summed E-state index contributed by atoms with van der Waals surface area (Å²) in [6.07, 6.45) is 53.7. The third kappa shape index (κ3) is 68.4. The molecule has 65 heavy (non-hydrogen) atoms. The molecule has 0 rings (SSSR count). The predicted molar refractivity (Wildman–Crippen MR) is 277 cm³/mol. The van der Waals surface area contributed by atoms with E-state index in [0.717, 1.165) is 25.7 Å². The molecule has 0 saturated carbocycles. The largest absolute Gasteiger partial charge is 2.00 e. The van der Waals surface area contributed by atoms with Gasteiger partial charge in [-0.2, -0.15) is 8.42 Å². The molecular weight excluding hydrogens is 885 g/mol. The van der Waals surface area contributed by atoms with Crippen molar-refractivity contribution < 1.29 is 35.8 Å². The van der Waals surface area contributed by atoms with E-state index in [-0.39, 0.29) is 67.5 Å². The molecule has 0 aliphatic rings. The summed E-state index contributed by atoms with van der Waals surface area (Å²) in [7, 11) is -8.02. The smallest absolute Gasteiger partial charge is 0.862 e. The average molecular weight is 990 g/mol. The van der Waals surface area contributed by atoms with Gasteiger partial charge >= 0.3 is 37.7 Å². The number of nitrogens with zero attached hydrogens (tertiary/aromatic N) is 1. The summed E-state index contributed by atoms with van der Waals surface area (Å²) in [6.45, 7) is 5.36. The van der Waals surface area contributed by atoms with Crippen LogP contribution in [0.25, 0.3) is 0 Å². The van der Waals surface area contributed by atoms with Crippen LogP contribution in [0.15, 0.2) is 4.99 Å². The summed E-state index contributed by atoms with van der Waals surface area (Å²) in [5.74, 6) is -0.649. The van der Waals surface area contributed by atoms with E-state index in [9.17, 15) is 31.3 Å². The van der Waals surface area contributed by atoms with Crippen molar-refractivity contribution in [2.45, 2.75) is 296 Å². The van der Waals surface area contributed by atoms with Crippen LogP contribution >= 0.6 is 0 Å². The molecule has 0 bridgehead atoms. The Bertz CT molecular complexity index is 1220. The summed E-state index contributed by atoms with van der Waals surface area (Å²) in [5.41, 5.74) is 0. The minimum Gasteiger partial charge on any atom is -0.862 e. The standard InChI is InChI=1S/2C26H53NO4S.Ca/c2*1-2-3-4-5-6-7-8-9-10-11-12-13-14-15-16-17-18-19-20-23-26(28)27-24-21-22-25-32(29,30)31;/h2*2-25H2,1H3,(H,27,28)(H,29,30,31);/q;;+2/p-2. The number of nitrogens with one attached hydrogen (secondary N) is 1. The summed E-state index contributed by atoms with van der Waals surface area (Å²) < 4.78 is 61.2. The van der Waals surface area contributed by atoms with E-state index in [1.165, 1.54) is 218 Å². The molecule has 0 aliphatic heterocycles. The van der Waals surface area contributed by atoms with Crippen molar-refractivity contribution in [2.75, 3.05) is 24.6 Å². The maximum Gasteiger partial charge on any atom is 2.00 e. The molecule has 0 aromatic heterocycles. The monoisotopic (exact) mass is 989 g/mol. The number of amides is 1. The molecule has 0 unspecified atom stereocenters. The Balaban J connectivity index is -0.00000116. The van der Waals surface area contributed by atoms with Crippen molar-refractivity contribution in [1.82, 2.24) is 5.32 Å². The zero-order valence-electron chi connectivity index (χ0n) is 42.7. The first-order valence-electron chi connectivity index (χ1n) is 27.3. The topological polar surface area (TPSA) is 176 Å². The van der Waals surface area contributed by atoms with Crippen LogP contribution < -0.4 is 10.4 Å². The number of carbonyl (C=O) groups excluding carboxylic acids is 1. The molecule has 384 valence electrons. The van der Waals surface area contributed by atoms with E-state index in [0.29, 0.717) is 45.2 Å². The van der Waals surface area contributed by atoms with E-state index >= 15 is 0 Å². The molecule has 1 amide bonds. The second-order valence-electron chi connectivity index (χ2n) is 18.8. The van der Waals surface area contributed by atoms with Crippen molar-refractivity contribution in [1.29, 1.82) is 0 Å². The molecule has 0 atom stereocenters. The van der Waals surface area contributed by atoms with Gasteiger partial charge in [0.05, 0.1) is 15.9 Å². The van der Waals surface area contributed by atoms with Crippen molar-refractivity contribution in [3.05, 3.63) is 0 Å². The van der Waals surface area contributed by atoms with Gasteiger partial charge in [-0.25, -0.2) is 8.42 Å². The number of unbranched alkanes of at least 4 members (excludes halogenated alkanes) is 38. The maximum atomic E-state index is 11.7. The molecule has 0 saturated heterocycles. The second kappa shape index (κ2) is 55.0. The number of rotatable bonds is 50. The maximum absolute atomic E-state index is 11.7. The fraction of sp³-hybridized carbons (Fsp3) is 0.962. The second-order valence-corrected chi connectivity index (χ2v) is 21.9. The third-order valence-corrected chi connectivity index (χ3v) is 13.8. The molecule has 0 fully saturated rings. The Morgan fingerprint density at radius 1 is 0.431 bits per heavy atom. The number of hydrogen-bond acceptors (Lipinski definition) is 8. The zero-order chi connectivity index (χ0) is 47.5. The van der Waals surface area contributed by atoms with E-state index in [1.54, 1.807) is 0 Å². The van der Waals surface area contributed by atoms with Gasteiger partial charge in [0.25, 0.3) is 10.1 Å². The van der Waals surface area contributed by atoms with Crippen LogP contribution in [-0.4, -0.2) is 100 Å². The Morgan fingerprint density at radius 2 is 0.723 bits per heavy atom. The SMILES string of the molecule is CCCCCCCCCCCCCCCCCCCCCC(=O)NCCCCS(=O)(=O)O.CCCCCCCCCCCCCCCCCCCCCC([O-])=NCCCCS(=O)(=O)[O-].[Ca+2]. The van der Waals surface area contributed by atoms with Crippen molar-refractivity contribution in [3.63, 3.8) is 0 Å². The van der Waals surface area contributed by atoms with Crippen LogP contribution in [0, 0.1) is 0 Å². The van der Waals surface area contributed by atoms with Gasteiger partial charge in [0.1, 0.15) is 0 Å². The summed E-state index contributed by atoms with van der Waals surface area (Å²) >= 11 is 0. The van der Waals surface area contributed by atoms with Gasteiger partial charge in [-0.05, 0) is 50.8 Å². The third-order valence-electron chi connectivity index (χ3n) is 12.2. The van der Waals surface area contributed by atoms with Crippen LogP contribution in [0.3, 0.4) is 0 Å². The van der Waals surface area contributed by atoms with Crippen molar-refractivity contribution in [2.24, 2.45) is 4.99 Å². The first kappa shape index (κ1) is 69.3. The minimum atomic E-state index is -4.14. The van der Waals surface area contributed by atoms with Crippen LogP contribution in [0.1, 0.15) is 296 Å². The van der Waals surface area contributed by atoms with E-state index in [2.05, 4.69) is 24.2 Å². The predicted octanol–water partition coefficient (Wildman–Crippen LogP) is 14.1. The van der Waals surface area contributed by atoms with Gasteiger partial charge in [0.15, 0.2) is 0 Å². The number of hydrogen-bond donors (Lipinski definition) is 2. The molecule has 0 aliphatic carbocycles. The minimum absolute atomic E-state index is 0. The van der Waals surface area contributed by atoms with Gasteiger partial charge in [0, 0.05) is 25.3 Å². The van der Waals surface area contributed by atoms with Gasteiger partial charge in [-0.1, -0.05) is 245 Å². The molecule has 13 heteroatoms. The van der Waals surface area contributed by atoms with Crippen LogP contribution in [0.4, 0.5) is 0 Å². The van der Waals surface area contributed by atoms with Crippen LogP contribution in [0.2, 0.25) is 0 Å². The molecule has 0 radical (unpaired) electrons. The van der Waals surface area contributed by atoms with Gasteiger partial charge in [0.2, 0.25) is 5.91 Å². The fourth-order valence-electron chi connectivity index (χ4n) is 8.12. The van der Waals surface area contributed by atoms with Gasteiger partial charge in [-0.3, -0.25) is 9.35 Å². The van der Waals surface area contributed by atoms with E-state index < -0.39 is 20.2 Å². The summed E-state index contributed by atoms with van der Waals surface area (Å²) in [5, 5.41) is 14.5. The molecular formula is C52H104CaN2O8S2. The first-order chi connectivity index (χ1) is 30.9. The molecule has 0 aromatic rings. The number of carbonyl (C=O) groups is 1. The van der Waals surface area contributed by atoms with Crippen LogP contribution in [0.5, 0.6) is 0 Å². The van der Waals surface area contributed by atoms with E-state index in [1.807, 2.05) is 0 Å². The summed E-state index contributed by atoms with van der Waals surface area (Å²) in [4.78, 5) is 15.6. The Kier molecular flexibility index (Phi) is 58.6. The Morgan fingerprint density at radius 3 is 1.03 bits per heavy atom. The quantitative estimate of drug-likeness (QED) is 0.0199. The molecule has 0 aromatic carbocycles. The molecule has 0 spiro atoms. The fourth-order valence-corrected chi connectivity index (χ4v) is 9.24. The molecule has 10 nitrogen and oxygen atoms in total. The van der Waals surface area contributed by atoms with Gasteiger partial charge in [-0.15, -0.1) is 0 Å².